The Balaban J connectivity index is 1.83. The van der Waals surface area contributed by atoms with Gasteiger partial charge >= 0.3 is 5.97 Å². The van der Waals surface area contributed by atoms with Gasteiger partial charge in [-0.15, -0.1) is 0 Å². The number of halogens is 1. The standard InChI is InChI=1S/C22H24FN3O5/c1-13-4-5-17(16(23)10-13)24-20-18(22(28)29-3)19-15(21(27)25(20)2)11-14(31-19)12-26-6-8-30-9-7-26/h4-5,10-11,24H,6-9,12H2,1-3H3. The van der Waals surface area contributed by atoms with Crippen molar-refractivity contribution in [2.24, 2.45) is 7.05 Å². The topological polar surface area (TPSA) is 85.9 Å². The molecular formula is C22H24FN3O5. The van der Waals surface area contributed by atoms with Gasteiger partial charge < -0.3 is 19.2 Å². The van der Waals surface area contributed by atoms with Crippen molar-refractivity contribution in [1.29, 1.82) is 0 Å². The van der Waals surface area contributed by atoms with Crippen LogP contribution >= 0.6 is 0 Å². The van der Waals surface area contributed by atoms with E-state index in [4.69, 9.17) is 13.9 Å². The minimum atomic E-state index is -0.692. The number of carbonyl (C=O) groups excluding carboxylic acids is 1. The van der Waals surface area contributed by atoms with Gasteiger partial charge in [-0.25, -0.2) is 9.18 Å². The number of esters is 1. The van der Waals surface area contributed by atoms with Gasteiger partial charge in [-0.1, -0.05) is 6.07 Å². The Hall–Kier alpha value is -3.17. The largest absolute Gasteiger partial charge is 0.465 e. The van der Waals surface area contributed by atoms with E-state index < -0.39 is 11.8 Å². The summed E-state index contributed by atoms with van der Waals surface area (Å²) in [6, 6.07) is 6.29. The fourth-order valence-corrected chi connectivity index (χ4v) is 3.69. The average Bonchev–Trinajstić information content (AvgIpc) is 3.17. The molecule has 1 fully saturated rings. The van der Waals surface area contributed by atoms with Crippen LogP contribution in [0.2, 0.25) is 0 Å². The highest BCUT2D eigenvalue weighted by Gasteiger charge is 2.26. The lowest BCUT2D eigenvalue weighted by Gasteiger charge is -2.25. The van der Waals surface area contributed by atoms with Crippen LogP contribution in [-0.2, 0) is 23.1 Å². The van der Waals surface area contributed by atoms with Crippen LogP contribution in [0.25, 0.3) is 11.0 Å². The van der Waals surface area contributed by atoms with Gasteiger partial charge in [-0.05, 0) is 30.7 Å². The number of furan rings is 1. The number of rotatable bonds is 5. The van der Waals surface area contributed by atoms with Gasteiger partial charge in [-0.3, -0.25) is 14.3 Å². The number of morpholine rings is 1. The molecule has 1 saturated heterocycles. The fourth-order valence-electron chi connectivity index (χ4n) is 3.69. The van der Waals surface area contributed by atoms with E-state index in [0.717, 1.165) is 18.7 Å². The number of aryl methyl sites for hydroxylation is 1. The molecule has 1 aliphatic rings. The summed E-state index contributed by atoms with van der Waals surface area (Å²) in [7, 11) is 2.75. The number of hydrogen-bond acceptors (Lipinski definition) is 7. The molecule has 3 aromatic rings. The molecule has 1 aromatic carbocycles. The zero-order valence-corrected chi connectivity index (χ0v) is 17.7. The van der Waals surface area contributed by atoms with E-state index in [1.165, 1.54) is 24.8 Å². The maximum Gasteiger partial charge on any atom is 0.345 e. The third-order valence-electron chi connectivity index (χ3n) is 5.37. The van der Waals surface area contributed by atoms with E-state index in [9.17, 15) is 14.0 Å². The Labute approximate surface area is 178 Å². The van der Waals surface area contributed by atoms with Crippen molar-refractivity contribution in [2.45, 2.75) is 13.5 Å². The van der Waals surface area contributed by atoms with Crippen molar-refractivity contribution >= 4 is 28.4 Å². The second-order valence-electron chi connectivity index (χ2n) is 7.53. The lowest BCUT2D eigenvalue weighted by atomic mass is 10.1. The molecule has 0 aliphatic carbocycles. The van der Waals surface area contributed by atoms with Gasteiger partial charge in [0.25, 0.3) is 5.56 Å². The quantitative estimate of drug-likeness (QED) is 0.624. The average molecular weight is 429 g/mol. The van der Waals surface area contributed by atoms with E-state index in [1.807, 2.05) is 0 Å². The number of ether oxygens (including phenoxy) is 2. The van der Waals surface area contributed by atoms with Gasteiger partial charge in [0.05, 0.1) is 37.9 Å². The number of nitrogens with one attached hydrogen (secondary N) is 1. The first-order valence-electron chi connectivity index (χ1n) is 9.96. The van der Waals surface area contributed by atoms with Crippen LogP contribution in [-0.4, -0.2) is 48.8 Å². The summed E-state index contributed by atoms with van der Waals surface area (Å²) >= 11 is 0. The molecule has 0 atom stereocenters. The van der Waals surface area contributed by atoms with E-state index >= 15 is 0 Å². The van der Waals surface area contributed by atoms with Gasteiger partial charge in [-0.2, -0.15) is 0 Å². The molecule has 8 nitrogen and oxygen atoms in total. The van der Waals surface area contributed by atoms with Crippen molar-refractivity contribution < 1.29 is 23.1 Å². The first-order chi connectivity index (χ1) is 14.9. The van der Waals surface area contributed by atoms with E-state index in [-0.39, 0.29) is 33.6 Å². The molecule has 0 radical (unpaired) electrons. The van der Waals surface area contributed by atoms with Crippen LogP contribution in [0.3, 0.4) is 0 Å². The first kappa shape index (κ1) is 21.1. The van der Waals surface area contributed by atoms with Crippen LogP contribution in [0.15, 0.2) is 33.5 Å². The second-order valence-corrected chi connectivity index (χ2v) is 7.53. The maximum atomic E-state index is 14.5. The summed E-state index contributed by atoms with van der Waals surface area (Å²) in [5.41, 5.74) is 0.667. The van der Waals surface area contributed by atoms with Crippen molar-refractivity contribution in [3.05, 3.63) is 57.3 Å². The molecule has 2 aromatic heterocycles. The molecule has 0 unspecified atom stereocenters. The molecule has 9 heteroatoms. The third-order valence-corrected chi connectivity index (χ3v) is 5.37. The van der Waals surface area contributed by atoms with Gasteiger partial charge in [0, 0.05) is 20.1 Å². The van der Waals surface area contributed by atoms with Crippen LogP contribution in [0.4, 0.5) is 15.9 Å². The third kappa shape index (κ3) is 4.06. The van der Waals surface area contributed by atoms with E-state index in [0.29, 0.717) is 25.5 Å². The van der Waals surface area contributed by atoms with Crippen LogP contribution in [0.1, 0.15) is 21.7 Å². The maximum absolute atomic E-state index is 14.5. The molecule has 0 saturated carbocycles. The highest BCUT2D eigenvalue weighted by molar-refractivity contribution is 6.06. The smallest absolute Gasteiger partial charge is 0.345 e. The molecule has 31 heavy (non-hydrogen) atoms. The number of fused-ring (bicyclic) bond motifs is 1. The van der Waals surface area contributed by atoms with Gasteiger partial charge in [0.1, 0.15) is 23.0 Å². The Bertz CT molecular complexity index is 1190. The number of carbonyl (C=O) groups is 1. The molecule has 3 heterocycles. The SMILES string of the molecule is COC(=O)c1c(Nc2ccc(C)cc2F)n(C)c(=O)c2cc(CN3CCOCC3)oc12. The number of pyridine rings is 1. The van der Waals surface area contributed by atoms with Crippen molar-refractivity contribution in [1.82, 2.24) is 9.47 Å². The normalized spacial score (nSPS) is 14.7. The minimum absolute atomic E-state index is 0.0350. The molecule has 1 aliphatic heterocycles. The first-order valence-corrected chi connectivity index (χ1v) is 9.96. The highest BCUT2D eigenvalue weighted by Crippen LogP contribution is 2.30. The van der Waals surface area contributed by atoms with Crippen molar-refractivity contribution in [2.75, 3.05) is 38.7 Å². The second kappa shape index (κ2) is 8.52. The number of anilines is 2. The Morgan fingerprint density at radius 3 is 2.68 bits per heavy atom. The summed E-state index contributed by atoms with van der Waals surface area (Å²) in [5, 5.41) is 3.14. The Morgan fingerprint density at radius 1 is 1.26 bits per heavy atom. The summed E-state index contributed by atoms with van der Waals surface area (Å²) in [6.45, 7) is 5.01. The predicted octanol–water partition coefficient (Wildman–Crippen LogP) is 2.94. The summed E-state index contributed by atoms with van der Waals surface area (Å²) in [4.78, 5) is 27.9. The molecule has 0 spiro atoms. The predicted molar refractivity (Wildman–Crippen MR) is 113 cm³/mol. The van der Waals surface area contributed by atoms with Gasteiger partial charge in [0.15, 0.2) is 5.58 Å². The summed E-state index contributed by atoms with van der Waals surface area (Å²) < 4.78 is 32.0. The van der Waals surface area contributed by atoms with Crippen LogP contribution in [0, 0.1) is 12.7 Å². The number of aromatic nitrogens is 1. The van der Waals surface area contributed by atoms with Crippen LogP contribution in [0.5, 0.6) is 0 Å². The lowest BCUT2D eigenvalue weighted by molar-refractivity contribution is 0.0315. The zero-order chi connectivity index (χ0) is 22.1. The Morgan fingerprint density at radius 2 is 2.00 bits per heavy atom. The molecule has 0 bridgehead atoms. The summed E-state index contributed by atoms with van der Waals surface area (Å²) in [5.74, 6) is -0.545. The fraction of sp³-hybridized carbons (Fsp3) is 0.364. The molecular weight excluding hydrogens is 405 g/mol. The van der Waals surface area contributed by atoms with Crippen molar-refractivity contribution in [3.8, 4) is 0 Å². The van der Waals surface area contributed by atoms with Crippen molar-refractivity contribution in [3.63, 3.8) is 0 Å². The molecule has 0 amide bonds. The summed E-state index contributed by atoms with van der Waals surface area (Å²) in [6.07, 6.45) is 0. The molecule has 4 rings (SSSR count). The molecule has 1 N–H and O–H groups in total. The van der Waals surface area contributed by atoms with E-state index in [1.54, 1.807) is 25.1 Å². The Kier molecular flexibility index (Phi) is 5.79. The monoisotopic (exact) mass is 429 g/mol. The zero-order valence-electron chi connectivity index (χ0n) is 17.7. The van der Waals surface area contributed by atoms with E-state index in [2.05, 4.69) is 10.2 Å². The lowest BCUT2D eigenvalue weighted by Crippen LogP contribution is -2.35. The number of nitrogens with zero attached hydrogens (tertiary/aromatic N) is 2. The minimum Gasteiger partial charge on any atom is -0.465 e. The number of methoxy groups -OCH3 is 1. The number of hydrogen-bond donors (Lipinski definition) is 1. The van der Waals surface area contributed by atoms with Gasteiger partial charge in [0.2, 0.25) is 0 Å². The highest BCUT2D eigenvalue weighted by atomic mass is 19.1. The van der Waals surface area contributed by atoms with Crippen LogP contribution < -0.4 is 10.9 Å². The molecule has 164 valence electrons. The number of benzene rings is 1.